The highest BCUT2D eigenvalue weighted by Gasteiger charge is 2.16. The van der Waals surface area contributed by atoms with Gasteiger partial charge in [0.25, 0.3) is 0 Å². The topological polar surface area (TPSA) is 55.4 Å². The number of carbonyl (C=O) groups is 1. The molecule has 0 aromatic heterocycles. The molecule has 5 heteroatoms. The van der Waals surface area contributed by atoms with Gasteiger partial charge in [-0.05, 0) is 49.6 Å². The van der Waals surface area contributed by atoms with E-state index in [-0.39, 0.29) is 6.54 Å². The Balaban J connectivity index is 0.00000154. The summed E-state index contributed by atoms with van der Waals surface area (Å²) in [6, 6.07) is 15.4. The highest BCUT2D eigenvalue weighted by atomic mass is 32.2. The van der Waals surface area contributed by atoms with Crippen LogP contribution in [0.2, 0.25) is 0 Å². The number of hydrogen-bond donors (Lipinski definition) is 1. The third-order valence-corrected chi connectivity index (χ3v) is 4.42. The Morgan fingerprint density at radius 2 is 1.43 bits per heavy atom. The zero-order chi connectivity index (χ0) is 23.2. The second-order valence-electron chi connectivity index (χ2n) is 7.23. The summed E-state index contributed by atoms with van der Waals surface area (Å²) in [7, 11) is -1.47. The Labute approximate surface area is 185 Å². The quantitative estimate of drug-likeness (QED) is 0.539. The highest BCUT2D eigenvalue weighted by molar-refractivity contribution is 7.83. The van der Waals surface area contributed by atoms with Crippen molar-refractivity contribution in [3.05, 3.63) is 60.7 Å². The minimum atomic E-state index is -1.47. The van der Waals surface area contributed by atoms with Crippen molar-refractivity contribution in [3.63, 3.8) is 0 Å². The first-order valence-electron chi connectivity index (χ1n) is 10.4. The van der Waals surface area contributed by atoms with Gasteiger partial charge in [-0.25, -0.2) is 8.93 Å². The van der Waals surface area contributed by atoms with E-state index in [9.17, 15) is 9.00 Å². The smallest absolute Gasteiger partial charge is 0.321 e. The minimum Gasteiger partial charge on any atom is -0.459 e. The zero-order valence-electron chi connectivity index (χ0n) is 19.5. The molecule has 0 aliphatic carbocycles. The molecule has 1 N–H and O–H groups in total. The number of carbonyl (C=O) groups excluding carboxylic acids is 1. The normalized spacial score (nSPS) is 11.2. The summed E-state index contributed by atoms with van der Waals surface area (Å²) in [6.07, 6.45) is 3.05. The molecule has 0 bridgehead atoms. The molecule has 2 rings (SSSR count). The summed E-state index contributed by atoms with van der Waals surface area (Å²) in [5.41, 5.74) is 2.62. The van der Waals surface area contributed by atoms with Crippen molar-refractivity contribution in [1.29, 1.82) is 0 Å². The minimum absolute atomic E-state index is 0.103. The molecule has 2 aromatic carbocycles. The Morgan fingerprint density at radius 1 is 1.00 bits per heavy atom. The van der Waals surface area contributed by atoms with E-state index < -0.39 is 22.6 Å². The molecule has 30 heavy (non-hydrogen) atoms. The molecule has 0 saturated heterocycles. The fourth-order valence-corrected chi connectivity index (χ4v) is 2.97. The molecule has 4 nitrogen and oxygen atoms in total. The number of esters is 1. The average molecular weight is 432 g/mol. The van der Waals surface area contributed by atoms with E-state index in [1.807, 2.05) is 50.2 Å². The third-order valence-electron chi connectivity index (χ3n) is 3.32. The van der Waals surface area contributed by atoms with Crippen LogP contribution in [-0.4, -0.2) is 22.3 Å². The van der Waals surface area contributed by atoms with Crippen LogP contribution in [0.3, 0.4) is 0 Å². The summed E-state index contributed by atoms with van der Waals surface area (Å²) in [5.74, 6) is -0.431. The van der Waals surface area contributed by atoms with Crippen molar-refractivity contribution in [2.75, 3.05) is 6.54 Å². The fraction of sp³-hybridized carbons (Fsp3) is 0.400. The van der Waals surface area contributed by atoms with Gasteiger partial charge in [0.1, 0.15) is 23.1 Å². The van der Waals surface area contributed by atoms with Crippen molar-refractivity contribution in [1.82, 2.24) is 4.72 Å². The Bertz CT molecular complexity index is 776. The predicted octanol–water partition coefficient (Wildman–Crippen LogP) is 6.39. The first kappa shape index (κ1) is 27.8. The maximum absolute atomic E-state index is 12.2. The van der Waals surface area contributed by atoms with Crippen LogP contribution in [0, 0.1) is 0 Å². The summed E-state index contributed by atoms with van der Waals surface area (Å²) >= 11 is 0. The van der Waals surface area contributed by atoms with E-state index in [0.29, 0.717) is 4.90 Å². The molecule has 0 saturated carbocycles. The summed E-state index contributed by atoms with van der Waals surface area (Å²) < 4.78 is 20.1. The standard InChI is InChI=1S/C20H23NO3S.C3H8.C2H6/c1-5-15-6-8-16(9-7-15)17-10-12-18(13-11-17)25(23)21-14-19(22)24-20(2,3)4;1-3-2;1-2/h5-13,21H,1,14H2,2-4H3;3H2,1-2H3;1-2H3. The number of ether oxygens (including phenoxy) is 1. The predicted molar refractivity (Wildman–Crippen MR) is 130 cm³/mol. The van der Waals surface area contributed by atoms with Crippen molar-refractivity contribution in [2.45, 2.75) is 65.4 Å². The van der Waals surface area contributed by atoms with Crippen LogP contribution >= 0.6 is 0 Å². The number of benzene rings is 2. The maximum atomic E-state index is 12.2. The first-order chi connectivity index (χ1) is 14.2. The van der Waals surface area contributed by atoms with E-state index in [4.69, 9.17) is 4.74 Å². The van der Waals surface area contributed by atoms with Crippen molar-refractivity contribution >= 4 is 23.0 Å². The second-order valence-corrected chi connectivity index (χ2v) is 8.53. The highest BCUT2D eigenvalue weighted by Crippen LogP contribution is 2.21. The summed E-state index contributed by atoms with van der Waals surface area (Å²) in [5, 5.41) is 0. The molecular formula is C25H37NO3S. The van der Waals surface area contributed by atoms with E-state index in [1.54, 1.807) is 39.0 Å². The van der Waals surface area contributed by atoms with Gasteiger partial charge < -0.3 is 4.74 Å². The van der Waals surface area contributed by atoms with Gasteiger partial charge >= 0.3 is 5.97 Å². The van der Waals surface area contributed by atoms with Gasteiger partial charge in [-0.1, -0.05) is 83.2 Å². The molecule has 0 heterocycles. The van der Waals surface area contributed by atoms with Gasteiger partial charge in [0.05, 0.1) is 4.90 Å². The lowest BCUT2D eigenvalue weighted by molar-refractivity contribution is -0.153. The molecule has 1 atom stereocenters. The number of hydrogen-bond acceptors (Lipinski definition) is 3. The molecule has 166 valence electrons. The van der Waals surface area contributed by atoms with Crippen LogP contribution in [0.5, 0.6) is 0 Å². The lowest BCUT2D eigenvalue weighted by Gasteiger charge is -2.19. The van der Waals surface area contributed by atoms with Gasteiger partial charge in [-0.3, -0.25) is 4.79 Å². The van der Waals surface area contributed by atoms with Crippen molar-refractivity contribution in [2.24, 2.45) is 0 Å². The third kappa shape index (κ3) is 11.1. The second kappa shape index (κ2) is 14.7. The first-order valence-corrected chi connectivity index (χ1v) is 11.5. The molecule has 0 aliphatic heterocycles. The lowest BCUT2D eigenvalue weighted by atomic mass is 10.0. The van der Waals surface area contributed by atoms with Gasteiger partial charge in [-0.2, -0.15) is 0 Å². The lowest BCUT2D eigenvalue weighted by Crippen LogP contribution is -2.32. The SMILES string of the molecule is C=Cc1ccc(-c2ccc(S(=O)NCC(=O)OC(C)(C)C)cc2)cc1.CC.CCC. The molecular weight excluding hydrogens is 394 g/mol. The van der Waals surface area contributed by atoms with E-state index in [1.165, 1.54) is 6.42 Å². The molecule has 2 aromatic rings. The van der Waals surface area contributed by atoms with E-state index >= 15 is 0 Å². The maximum Gasteiger partial charge on any atom is 0.321 e. The molecule has 0 fully saturated rings. The summed E-state index contributed by atoms with van der Waals surface area (Å²) in [6.45, 7) is 17.3. The Morgan fingerprint density at radius 3 is 1.83 bits per heavy atom. The van der Waals surface area contributed by atoms with Gasteiger partial charge in [0.2, 0.25) is 0 Å². The van der Waals surface area contributed by atoms with Gasteiger partial charge in [0.15, 0.2) is 0 Å². The Kier molecular flexibility index (Phi) is 13.6. The molecule has 0 radical (unpaired) electrons. The number of rotatable bonds is 6. The van der Waals surface area contributed by atoms with Crippen LogP contribution in [0.1, 0.15) is 60.5 Å². The molecule has 0 aliphatic rings. The molecule has 0 amide bonds. The van der Waals surface area contributed by atoms with Crippen LogP contribution in [0.25, 0.3) is 17.2 Å². The molecule has 1 unspecified atom stereocenters. The molecule has 0 spiro atoms. The number of nitrogens with one attached hydrogen (secondary N) is 1. The average Bonchev–Trinajstić information content (AvgIpc) is 2.73. The fourth-order valence-electron chi connectivity index (χ4n) is 2.17. The van der Waals surface area contributed by atoms with Crippen LogP contribution in [0.15, 0.2) is 60.0 Å². The zero-order valence-corrected chi connectivity index (χ0v) is 20.3. The Hall–Kier alpha value is -2.24. The van der Waals surface area contributed by atoms with Crippen LogP contribution < -0.4 is 4.72 Å². The largest absolute Gasteiger partial charge is 0.459 e. The van der Waals surface area contributed by atoms with Gasteiger partial charge in [-0.15, -0.1) is 0 Å². The monoisotopic (exact) mass is 431 g/mol. The van der Waals surface area contributed by atoms with E-state index in [0.717, 1.165) is 16.7 Å². The van der Waals surface area contributed by atoms with Crippen molar-refractivity contribution in [3.8, 4) is 11.1 Å². The van der Waals surface area contributed by atoms with Crippen LogP contribution in [0.4, 0.5) is 0 Å². The van der Waals surface area contributed by atoms with Crippen LogP contribution in [-0.2, 0) is 20.5 Å². The van der Waals surface area contributed by atoms with E-state index in [2.05, 4.69) is 25.1 Å². The van der Waals surface area contributed by atoms with Crippen molar-refractivity contribution < 1.29 is 13.7 Å². The summed E-state index contributed by atoms with van der Waals surface area (Å²) in [4.78, 5) is 12.3. The van der Waals surface area contributed by atoms with Gasteiger partial charge in [0, 0.05) is 0 Å².